The van der Waals surface area contributed by atoms with Gasteiger partial charge in [0, 0.05) is 87.7 Å². The van der Waals surface area contributed by atoms with Crippen molar-refractivity contribution in [3.8, 4) is 115 Å². The number of fused-ring (bicyclic) bond motifs is 10. The lowest BCUT2D eigenvalue weighted by atomic mass is 9.88. The first-order valence-corrected chi connectivity index (χ1v) is 23.3. The highest BCUT2D eigenvalue weighted by Gasteiger charge is 2.39. The zero-order chi connectivity index (χ0) is 55.0. The van der Waals surface area contributed by atoms with E-state index in [1.54, 1.807) is 35.5 Å². The quantitative estimate of drug-likeness (QED) is 0.0713. The molecule has 410 valence electrons. The van der Waals surface area contributed by atoms with Gasteiger partial charge in [-0.25, -0.2) is 0 Å². The van der Waals surface area contributed by atoms with Gasteiger partial charge in [0.25, 0.3) is 0 Å². The van der Waals surface area contributed by atoms with Gasteiger partial charge < -0.3 is 94.7 Å². The van der Waals surface area contributed by atoms with Gasteiger partial charge in [-0.1, -0.05) is 0 Å². The Hall–Kier alpha value is -7.90. The third-order valence-corrected chi connectivity index (χ3v) is 13.4. The molecule has 0 aromatic heterocycles. The second-order valence-corrected chi connectivity index (χ2v) is 16.3. The van der Waals surface area contributed by atoms with Crippen molar-refractivity contribution in [1.29, 1.82) is 0 Å². The molecule has 10 bridgehead atoms. The van der Waals surface area contributed by atoms with Gasteiger partial charge in [-0.05, 0) is 0 Å². The number of ether oxygens (including phenoxy) is 20. The highest BCUT2D eigenvalue weighted by Crippen LogP contribution is 2.60. The van der Waals surface area contributed by atoms with Crippen LogP contribution in [0.3, 0.4) is 0 Å². The Kier molecular flexibility index (Phi) is 18.4. The van der Waals surface area contributed by atoms with Crippen LogP contribution in [0.5, 0.6) is 115 Å². The molecule has 5 aromatic carbocycles. The molecule has 0 amide bonds. The zero-order valence-corrected chi connectivity index (χ0v) is 46.7. The maximum Gasteiger partial charge on any atom is 0.204 e. The van der Waals surface area contributed by atoms with Crippen molar-refractivity contribution in [3.05, 3.63) is 55.6 Å². The summed E-state index contributed by atoms with van der Waals surface area (Å²) in [7, 11) is 30.6. The van der Waals surface area contributed by atoms with Gasteiger partial charge in [0.05, 0.1) is 142 Å². The Morgan fingerprint density at radius 3 is 0.267 bits per heavy atom. The Morgan fingerprint density at radius 1 is 0.120 bits per heavy atom. The molecular formula is C55H70O20. The Labute approximate surface area is 438 Å². The first kappa shape index (κ1) is 56.4. The molecule has 0 unspecified atom stereocenters. The van der Waals surface area contributed by atoms with Crippen molar-refractivity contribution in [2.24, 2.45) is 0 Å². The van der Waals surface area contributed by atoms with Crippen LogP contribution in [-0.2, 0) is 32.1 Å². The first-order valence-electron chi connectivity index (χ1n) is 23.3. The molecule has 0 N–H and O–H groups in total. The predicted molar refractivity (Wildman–Crippen MR) is 277 cm³/mol. The molecule has 0 saturated heterocycles. The maximum atomic E-state index is 6.48. The molecule has 0 aliphatic heterocycles. The standard InChI is InChI=1S/C55H70O20/c1-56-36-26-21-28-37(57-2)30(45(65-10)52(72-17)43(28)63-8)23-32-39(59-4)34(49(69-14)54(74-19)47(32)67-12)25-35-40(60-5)33(48(68-13)55(75-20)50(35)70-15)24-31-38(58-3)29(44(64-9)53(73-18)46(31)66-11)22-27(36)42(62-7)51(71-16)41(26)61-6/h21-25H2,1-20H3. The molecule has 75 heavy (non-hydrogen) atoms. The fraction of sp³-hybridized carbons (Fsp3) is 0.455. The van der Waals surface area contributed by atoms with E-state index in [-0.39, 0.29) is 60.9 Å². The van der Waals surface area contributed by atoms with Gasteiger partial charge in [-0.15, -0.1) is 0 Å². The third-order valence-electron chi connectivity index (χ3n) is 13.4. The lowest BCUT2D eigenvalue weighted by molar-refractivity contribution is 0.304. The number of benzene rings is 5. The van der Waals surface area contributed by atoms with E-state index in [2.05, 4.69) is 0 Å². The smallest absolute Gasteiger partial charge is 0.204 e. The molecule has 20 nitrogen and oxygen atoms in total. The average molecular weight is 1050 g/mol. The maximum absolute atomic E-state index is 6.48. The van der Waals surface area contributed by atoms with E-state index in [4.69, 9.17) is 94.7 Å². The largest absolute Gasteiger partial charge is 0.496 e. The summed E-state index contributed by atoms with van der Waals surface area (Å²) in [4.78, 5) is 0. The summed E-state index contributed by atoms with van der Waals surface area (Å²) < 4.78 is 126. The van der Waals surface area contributed by atoms with Crippen molar-refractivity contribution in [2.45, 2.75) is 32.1 Å². The molecule has 5 aromatic rings. The minimum atomic E-state index is 0.0200. The van der Waals surface area contributed by atoms with E-state index in [1.165, 1.54) is 107 Å². The minimum absolute atomic E-state index is 0.0200. The second-order valence-electron chi connectivity index (χ2n) is 16.3. The summed E-state index contributed by atoms with van der Waals surface area (Å²) >= 11 is 0. The van der Waals surface area contributed by atoms with Crippen LogP contribution in [0.15, 0.2) is 0 Å². The number of rotatable bonds is 20. The average Bonchev–Trinajstić information content (AvgIpc) is 3.43. The van der Waals surface area contributed by atoms with Gasteiger partial charge >= 0.3 is 0 Å². The van der Waals surface area contributed by atoms with Crippen LogP contribution in [0.1, 0.15) is 55.6 Å². The van der Waals surface area contributed by atoms with Crippen LogP contribution in [0, 0.1) is 0 Å². The summed E-state index contributed by atoms with van der Waals surface area (Å²) in [6.45, 7) is 0. The van der Waals surface area contributed by atoms with Crippen LogP contribution < -0.4 is 94.7 Å². The molecule has 0 spiro atoms. The fourth-order valence-corrected chi connectivity index (χ4v) is 10.6. The van der Waals surface area contributed by atoms with Crippen molar-refractivity contribution in [2.75, 3.05) is 142 Å². The van der Waals surface area contributed by atoms with Gasteiger partial charge in [-0.2, -0.15) is 0 Å². The number of hydrogen-bond acceptors (Lipinski definition) is 20. The predicted octanol–water partition coefficient (Wildman–Crippen LogP) is 8.13. The van der Waals surface area contributed by atoms with E-state index in [0.29, 0.717) is 142 Å². The molecule has 1 aliphatic rings. The van der Waals surface area contributed by atoms with E-state index in [1.807, 2.05) is 0 Å². The summed E-state index contributed by atoms with van der Waals surface area (Å²) in [6.07, 6.45) is 0.100. The number of hydrogen-bond donors (Lipinski definition) is 0. The normalized spacial score (nSPS) is 11.7. The minimum Gasteiger partial charge on any atom is -0.496 e. The van der Waals surface area contributed by atoms with Crippen molar-refractivity contribution in [3.63, 3.8) is 0 Å². The Balaban J connectivity index is 2.02. The molecule has 0 fully saturated rings. The molecular weight excluding hydrogens is 981 g/mol. The molecule has 0 saturated carbocycles. The second kappa shape index (κ2) is 24.4. The van der Waals surface area contributed by atoms with E-state index in [9.17, 15) is 0 Å². The lowest BCUT2D eigenvalue weighted by Crippen LogP contribution is -2.14. The van der Waals surface area contributed by atoms with Crippen LogP contribution in [0.4, 0.5) is 0 Å². The summed E-state index contributed by atoms with van der Waals surface area (Å²) in [5.41, 5.74) is 5.06. The van der Waals surface area contributed by atoms with Crippen LogP contribution in [-0.4, -0.2) is 142 Å². The van der Waals surface area contributed by atoms with E-state index < -0.39 is 0 Å². The Bertz CT molecular complexity index is 2290. The fourth-order valence-electron chi connectivity index (χ4n) is 10.6. The molecule has 20 heteroatoms. The van der Waals surface area contributed by atoms with Gasteiger partial charge in [0.2, 0.25) is 28.7 Å². The van der Waals surface area contributed by atoms with Gasteiger partial charge in [0.1, 0.15) is 28.7 Å². The van der Waals surface area contributed by atoms with Crippen LogP contribution in [0.2, 0.25) is 0 Å². The summed E-state index contributed by atoms with van der Waals surface area (Å²) in [5, 5.41) is 0. The van der Waals surface area contributed by atoms with E-state index >= 15 is 0 Å². The highest BCUT2D eigenvalue weighted by molar-refractivity contribution is 5.78. The lowest BCUT2D eigenvalue weighted by Gasteiger charge is -2.29. The molecule has 0 radical (unpaired) electrons. The van der Waals surface area contributed by atoms with Gasteiger partial charge in [0.15, 0.2) is 57.5 Å². The zero-order valence-electron chi connectivity index (χ0n) is 46.7. The molecule has 0 heterocycles. The van der Waals surface area contributed by atoms with Crippen LogP contribution >= 0.6 is 0 Å². The number of methoxy groups -OCH3 is 20. The summed E-state index contributed by atoms with van der Waals surface area (Å²) in [6, 6.07) is 0. The van der Waals surface area contributed by atoms with Crippen molar-refractivity contribution < 1.29 is 94.7 Å². The molecule has 0 atom stereocenters. The first-order chi connectivity index (χ1) is 36.4. The SMILES string of the molecule is COc1c2c(OC)c(OC)c(OC)c1Cc1c(OC)c(c(OC)c(OC)c1OC)Cc1c(OC)c(c(OC)c(OC)c1OC)Cc1c(OC)c(c(OC)c(OC)c1OC)Cc1c(OC)c(c(OC)c(OC)c1OC)C2. The van der Waals surface area contributed by atoms with E-state index in [0.717, 1.165) is 0 Å². The van der Waals surface area contributed by atoms with Crippen molar-refractivity contribution >= 4 is 0 Å². The monoisotopic (exact) mass is 1050 g/mol. The highest BCUT2D eigenvalue weighted by atomic mass is 16.6. The third kappa shape index (κ3) is 9.17. The topological polar surface area (TPSA) is 185 Å². The van der Waals surface area contributed by atoms with Gasteiger partial charge in [-0.3, -0.25) is 0 Å². The van der Waals surface area contributed by atoms with Crippen LogP contribution in [0.25, 0.3) is 0 Å². The van der Waals surface area contributed by atoms with Crippen molar-refractivity contribution in [1.82, 2.24) is 0 Å². The molecule has 1 aliphatic carbocycles. The summed E-state index contributed by atoms with van der Waals surface area (Å²) in [5.74, 6) is 5.94. The molecule has 6 rings (SSSR count). The Morgan fingerprint density at radius 2 is 0.200 bits per heavy atom.